The molecular formula is C17H25N5O. The van der Waals surface area contributed by atoms with Crippen molar-refractivity contribution >= 4 is 5.91 Å². The topological polar surface area (TPSA) is 66.8 Å². The molecule has 1 N–H and O–H groups in total. The Balaban J connectivity index is 1.59. The highest BCUT2D eigenvalue weighted by molar-refractivity contribution is 5.76. The minimum atomic E-state index is 0.198. The molecule has 0 spiro atoms. The van der Waals surface area contributed by atoms with Crippen LogP contribution in [0.15, 0.2) is 18.6 Å². The molecule has 3 rings (SSSR count). The van der Waals surface area contributed by atoms with Crippen molar-refractivity contribution in [2.45, 2.75) is 46.1 Å². The Morgan fingerprint density at radius 2 is 2.35 bits per heavy atom. The maximum atomic E-state index is 12.6. The smallest absolute Gasteiger partial charge is 0.242 e. The van der Waals surface area contributed by atoms with Crippen LogP contribution in [-0.2, 0) is 24.2 Å². The summed E-state index contributed by atoms with van der Waals surface area (Å²) in [5.41, 5.74) is 2.41. The highest BCUT2D eigenvalue weighted by Crippen LogP contribution is 2.21. The number of piperidine rings is 1. The van der Waals surface area contributed by atoms with E-state index in [2.05, 4.69) is 29.0 Å². The Kier molecular flexibility index (Phi) is 4.79. The number of nitrogens with one attached hydrogen (secondary N) is 1. The number of likely N-dealkylation sites (tertiary alicyclic amines) is 1. The van der Waals surface area contributed by atoms with Gasteiger partial charge in [-0.25, -0.2) is 4.98 Å². The molecule has 1 amide bonds. The van der Waals surface area contributed by atoms with Crippen LogP contribution in [0.4, 0.5) is 0 Å². The van der Waals surface area contributed by atoms with E-state index in [4.69, 9.17) is 0 Å². The first kappa shape index (κ1) is 15.8. The molecule has 0 aromatic carbocycles. The van der Waals surface area contributed by atoms with Crippen LogP contribution in [0.1, 0.15) is 36.8 Å². The van der Waals surface area contributed by atoms with Gasteiger partial charge in [-0.15, -0.1) is 0 Å². The molecule has 124 valence electrons. The third kappa shape index (κ3) is 3.63. The molecule has 1 aliphatic heterocycles. The molecule has 0 bridgehead atoms. The molecule has 3 heterocycles. The Morgan fingerprint density at radius 3 is 3.09 bits per heavy atom. The Bertz CT molecular complexity index is 659. The zero-order valence-electron chi connectivity index (χ0n) is 14.0. The summed E-state index contributed by atoms with van der Waals surface area (Å²) in [6.07, 6.45) is 9.61. The lowest BCUT2D eigenvalue weighted by Crippen LogP contribution is -2.42. The van der Waals surface area contributed by atoms with Gasteiger partial charge in [-0.1, -0.05) is 6.92 Å². The van der Waals surface area contributed by atoms with Crippen molar-refractivity contribution in [2.24, 2.45) is 5.92 Å². The van der Waals surface area contributed by atoms with Crippen LogP contribution in [0.3, 0.4) is 0 Å². The predicted molar refractivity (Wildman–Crippen MR) is 87.9 cm³/mol. The normalized spacial score (nSPS) is 18.3. The molecule has 2 aromatic heterocycles. The summed E-state index contributed by atoms with van der Waals surface area (Å²) >= 11 is 0. The van der Waals surface area contributed by atoms with Crippen molar-refractivity contribution < 1.29 is 4.79 Å². The summed E-state index contributed by atoms with van der Waals surface area (Å²) in [4.78, 5) is 18.9. The van der Waals surface area contributed by atoms with Gasteiger partial charge >= 0.3 is 0 Å². The van der Waals surface area contributed by atoms with Gasteiger partial charge in [-0.2, -0.15) is 5.10 Å². The largest absolute Gasteiger partial charge is 0.341 e. The Morgan fingerprint density at radius 1 is 1.48 bits per heavy atom. The number of aromatic nitrogens is 4. The summed E-state index contributed by atoms with van der Waals surface area (Å²) in [6.45, 7) is 6.25. The van der Waals surface area contributed by atoms with E-state index in [0.717, 1.165) is 38.2 Å². The van der Waals surface area contributed by atoms with Gasteiger partial charge in [0.1, 0.15) is 12.4 Å². The first-order valence-electron chi connectivity index (χ1n) is 8.44. The lowest BCUT2D eigenvalue weighted by atomic mass is 9.92. The van der Waals surface area contributed by atoms with Crippen LogP contribution in [0, 0.1) is 12.8 Å². The molecule has 0 unspecified atom stereocenters. The van der Waals surface area contributed by atoms with Crippen LogP contribution in [0.25, 0.3) is 0 Å². The Labute approximate surface area is 136 Å². The van der Waals surface area contributed by atoms with E-state index in [-0.39, 0.29) is 5.91 Å². The fraction of sp³-hybridized carbons (Fsp3) is 0.588. The number of H-pyrrole nitrogens is 1. The first-order chi connectivity index (χ1) is 11.2. The molecule has 1 aliphatic rings. The molecule has 1 fully saturated rings. The molecule has 1 atom stereocenters. The average Bonchev–Trinajstić information content (AvgIpc) is 3.17. The minimum Gasteiger partial charge on any atom is -0.341 e. The van der Waals surface area contributed by atoms with Crippen molar-refractivity contribution in [3.05, 3.63) is 35.7 Å². The summed E-state index contributed by atoms with van der Waals surface area (Å²) < 4.78 is 1.96. The van der Waals surface area contributed by atoms with Gasteiger partial charge < -0.3 is 9.47 Å². The van der Waals surface area contributed by atoms with Crippen LogP contribution in [0.5, 0.6) is 0 Å². The van der Waals surface area contributed by atoms with Crippen molar-refractivity contribution in [1.82, 2.24) is 24.6 Å². The van der Waals surface area contributed by atoms with Crippen LogP contribution < -0.4 is 0 Å². The zero-order valence-corrected chi connectivity index (χ0v) is 14.0. The quantitative estimate of drug-likeness (QED) is 0.917. The van der Waals surface area contributed by atoms with Crippen LogP contribution in [-0.4, -0.2) is 43.6 Å². The third-order valence-corrected chi connectivity index (χ3v) is 4.72. The number of rotatable bonds is 5. The molecule has 6 nitrogen and oxygen atoms in total. The van der Waals surface area contributed by atoms with Crippen LogP contribution in [0.2, 0.25) is 0 Å². The van der Waals surface area contributed by atoms with Gasteiger partial charge in [-0.3, -0.25) is 9.89 Å². The molecule has 0 radical (unpaired) electrons. The van der Waals surface area contributed by atoms with Gasteiger partial charge in [-0.05, 0) is 37.7 Å². The SMILES string of the molecule is CCc1nccn1CC(=O)N1CCC[C@@H](Cc2[nH]ncc2C)C1. The monoisotopic (exact) mass is 315 g/mol. The fourth-order valence-corrected chi connectivity index (χ4v) is 3.37. The fourth-order valence-electron chi connectivity index (χ4n) is 3.37. The van der Waals surface area contributed by atoms with E-state index >= 15 is 0 Å². The second-order valence-corrected chi connectivity index (χ2v) is 6.41. The number of aromatic amines is 1. The van der Waals surface area contributed by atoms with Crippen molar-refractivity contribution in [3.63, 3.8) is 0 Å². The maximum absolute atomic E-state index is 12.6. The highest BCUT2D eigenvalue weighted by atomic mass is 16.2. The van der Waals surface area contributed by atoms with E-state index in [1.807, 2.05) is 21.9 Å². The minimum absolute atomic E-state index is 0.198. The van der Waals surface area contributed by atoms with Crippen molar-refractivity contribution in [3.8, 4) is 0 Å². The lowest BCUT2D eigenvalue weighted by Gasteiger charge is -2.33. The lowest BCUT2D eigenvalue weighted by molar-refractivity contribution is -0.133. The zero-order chi connectivity index (χ0) is 16.2. The van der Waals surface area contributed by atoms with Crippen LogP contribution >= 0.6 is 0 Å². The van der Waals surface area contributed by atoms with Crippen molar-refractivity contribution in [2.75, 3.05) is 13.1 Å². The number of hydrogen-bond donors (Lipinski definition) is 1. The molecule has 2 aromatic rings. The predicted octanol–water partition coefficient (Wildman–Crippen LogP) is 1.96. The number of imidazole rings is 1. The van der Waals surface area contributed by atoms with Gasteiger partial charge in [0, 0.05) is 37.6 Å². The summed E-state index contributed by atoms with van der Waals surface area (Å²) in [5, 5.41) is 7.18. The molecule has 6 heteroatoms. The highest BCUT2D eigenvalue weighted by Gasteiger charge is 2.25. The van der Waals surface area contributed by atoms with E-state index in [9.17, 15) is 4.79 Å². The van der Waals surface area contributed by atoms with E-state index in [1.54, 1.807) is 6.20 Å². The van der Waals surface area contributed by atoms with Gasteiger partial charge in [0.05, 0.1) is 6.20 Å². The van der Waals surface area contributed by atoms with Gasteiger partial charge in [0.25, 0.3) is 0 Å². The molecule has 0 aliphatic carbocycles. The van der Waals surface area contributed by atoms with Gasteiger partial charge in [0.2, 0.25) is 5.91 Å². The van der Waals surface area contributed by atoms with E-state index in [1.165, 1.54) is 17.7 Å². The average molecular weight is 315 g/mol. The third-order valence-electron chi connectivity index (χ3n) is 4.72. The van der Waals surface area contributed by atoms with E-state index in [0.29, 0.717) is 12.5 Å². The van der Waals surface area contributed by atoms with Crippen molar-refractivity contribution in [1.29, 1.82) is 0 Å². The number of nitrogens with zero attached hydrogens (tertiary/aromatic N) is 4. The number of hydrogen-bond acceptors (Lipinski definition) is 3. The molecule has 1 saturated heterocycles. The van der Waals surface area contributed by atoms with E-state index < -0.39 is 0 Å². The summed E-state index contributed by atoms with van der Waals surface area (Å²) in [7, 11) is 0. The molecular weight excluding hydrogens is 290 g/mol. The molecule has 0 saturated carbocycles. The second-order valence-electron chi connectivity index (χ2n) is 6.41. The standard InChI is InChI=1S/C17H25N5O/c1-3-16-18-6-8-21(16)12-17(23)22-7-4-5-14(11-22)9-15-13(2)10-19-20-15/h6,8,10,14H,3-5,7,9,11-12H2,1-2H3,(H,19,20)/t14-/m0/s1. The second kappa shape index (κ2) is 6.98. The Hall–Kier alpha value is -2.11. The first-order valence-corrected chi connectivity index (χ1v) is 8.44. The van der Waals surface area contributed by atoms with Gasteiger partial charge in [0.15, 0.2) is 0 Å². The number of aryl methyl sites for hydroxylation is 2. The summed E-state index contributed by atoms with van der Waals surface area (Å²) in [6, 6.07) is 0. The summed E-state index contributed by atoms with van der Waals surface area (Å²) in [5.74, 6) is 1.68. The maximum Gasteiger partial charge on any atom is 0.242 e. The number of carbonyl (C=O) groups excluding carboxylic acids is 1. The number of carbonyl (C=O) groups is 1. The molecule has 23 heavy (non-hydrogen) atoms. The number of amides is 1.